The van der Waals surface area contributed by atoms with Gasteiger partial charge in [0.25, 0.3) is 0 Å². The molecule has 1 aromatic carbocycles. The SMILES string of the molecule is COc1cc(NC(=O)N2CCn3cccc3C2c2cccnc2)cc(OC)c1OC. The van der Waals surface area contributed by atoms with Gasteiger partial charge in [-0.25, -0.2) is 4.79 Å². The molecule has 0 saturated carbocycles. The van der Waals surface area contributed by atoms with Crippen LogP contribution in [0.3, 0.4) is 0 Å². The molecule has 8 nitrogen and oxygen atoms in total. The smallest absolute Gasteiger partial charge is 0.322 e. The summed E-state index contributed by atoms with van der Waals surface area (Å²) in [6, 6.07) is 10.9. The van der Waals surface area contributed by atoms with Crippen molar-refractivity contribution in [3.05, 3.63) is 66.2 Å². The second kappa shape index (κ2) is 8.36. The molecule has 0 radical (unpaired) electrons. The number of methoxy groups -OCH3 is 3. The Hall–Kier alpha value is -3.68. The van der Waals surface area contributed by atoms with E-state index in [0.29, 0.717) is 29.5 Å². The maximum absolute atomic E-state index is 13.3. The highest BCUT2D eigenvalue weighted by molar-refractivity contribution is 5.91. The molecule has 156 valence electrons. The minimum absolute atomic E-state index is 0.217. The molecule has 1 atom stereocenters. The lowest BCUT2D eigenvalue weighted by Crippen LogP contribution is -2.44. The van der Waals surface area contributed by atoms with Crippen molar-refractivity contribution in [2.24, 2.45) is 0 Å². The van der Waals surface area contributed by atoms with E-state index < -0.39 is 0 Å². The Morgan fingerprint density at radius 2 is 1.83 bits per heavy atom. The van der Waals surface area contributed by atoms with Gasteiger partial charge < -0.3 is 29.0 Å². The van der Waals surface area contributed by atoms with E-state index >= 15 is 0 Å². The summed E-state index contributed by atoms with van der Waals surface area (Å²) in [5.41, 5.74) is 2.56. The number of nitrogens with zero attached hydrogens (tertiary/aromatic N) is 3. The molecule has 30 heavy (non-hydrogen) atoms. The summed E-state index contributed by atoms with van der Waals surface area (Å²) in [6.45, 7) is 1.29. The number of benzene rings is 1. The van der Waals surface area contributed by atoms with Crippen molar-refractivity contribution >= 4 is 11.7 Å². The number of carbonyl (C=O) groups excluding carboxylic acids is 1. The van der Waals surface area contributed by atoms with Crippen molar-refractivity contribution in [1.29, 1.82) is 0 Å². The predicted octanol–water partition coefficient (Wildman–Crippen LogP) is 3.55. The van der Waals surface area contributed by atoms with Crippen molar-refractivity contribution in [2.75, 3.05) is 33.2 Å². The summed E-state index contributed by atoms with van der Waals surface area (Å²) >= 11 is 0. The zero-order valence-electron chi connectivity index (χ0n) is 17.2. The summed E-state index contributed by atoms with van der Waals surface area (Å²) in [7, 11) is 4.63. The van der Waals surface area contributed by atoms with E-state index in [4.69, 9.17) is 14.2 Å². The Morgan fingerprint density at radius 1 is 1.07 bits per heavy atom. The molecule has 3 aromatic rings. The van der Waals surface area contributed by atoms with Gasteiger partial charge in [0.1, 0.15) is 6.04 Å². The van der Waals surface area contributed by atoms with Gasteiger partial charge in [-0.2, -0.15) is 0 Å². The van der Waals surface area contributed by atoms with Gasteiger partial charge in [-0.05, 0) is 23.8 Å². The minimum atomic E-state index is -0.232. The first-order chi connectivity index (χ1) is 14.7. The van der Waals surface area contributed by atoms with Crippen LogP contribution in [0.5, 0.6) is 17.2 Å². The number of rotatable bonds is 5. The topological polar surface area (TPSA) is 77.9 Å². The number of nitrogens with one attached hydrogen (secondary N) is 1. The first-order valence-corrected chi connectivity index (χ1v) is 9.59. The Labute approximate surface area is 175 Å². The van der Waals surface area contributed by atoms with Gasteiger partial charge in [-0.15, -0.1) is 0 Å². The highest BCUT2D eigenvalue weighted by atomic mass is 16.5. The molecule has 2 aromatic heterocycles. The van der Waals surface area contributed by atoms with Crippen molar-refractivity contribution < 1.29 is 19.0 Å². The predicted molar refractivity (Wildman–Crippen MR) is 112 cm³/mol. The summed E-state index contributed by atoms with van der Waals surface area (Å²) in [4.78, 5) is 19.4. The molecule has 4 rings (SSSR count). The number of urea groups is 1. The van der Waals surface area contributed by atoms with Gasteiger partial charge in [0.05, 0.1) is 27.0 Å². The monoisotopic (exact) mass is 408 g/mol. The molecule has 0 saturated heterocycles. The normalized spacial score (nSPS) is 15.3. The molecule has 3 heterocycles. The van der Waals surface area contributed by atoms with Gasteiger partial charge >= 0.3 is 6.03 Å². The molecule has 1 aliphatic heterocycles. The minimum Gasteiger partial charge on any atom is -0.493 e. The Bertz CT molecular complexity index is 1010. The highest BCUT2D eigenvalue weighted by Gasteiger charge is 2.32. The Kier molecular flexibility index (Phi) is 5.47. The molecule has 0 spiro atoms. The van der Waals surface area contributed by atoms with Crippen LogP contribution in [0.1, 0.15) is 17.3 Å². The largest absolute Gasteiger partial charge is 0.493 e. The van der Waals surface area contributed by atoms with Gasteiger partial charge in [-0.3, -0.25) is 4.98 Å². The lowest BCUT2D eigenvalue weighted by molar-refractivity contribution is 0.181. The molecule has 0 bridgehead atoms. The third-order valence-corrected chi connectivity index (χ3v) is 5.22. The molecular formula is C22H24N4O4. The van der Waals surface area contributed by atoms with Gasteiger partial charge in [0.15, 0.2) is 11.5 Å². The van der Waals surface area contributed by atoms with Crippen molar-refractivity contribution in [3.8, 4) is 17.2 Å². The standard InChI is InChI=1S/C22H24N4O4/c1-28-18-12-16(13-19(29-2)21(18)30-3)24-22(27)26-11-10-25-9-5-7-17(25)20(26)15-6-4-8-23-14-15/h4-9,12-14,20H,10-11H2,1-3H3,(H,24,27). The number of anilines is 1. The number of aromatic nitrogens is 2. The van der Waals surface area contributed by atoms with Crippen LogP contribution in [-0.4, -0.2) is 48.4 Å². The lowest BCUT2D eigenvalue weighted by atomic mass is 10.0. The van der Waals surface area contributed by atoms with Crippen molar-refractivity contribution in [3.63, 3.8) is 0 Å². The Balaban J connectivity index is 1.66. The van der Waals surface area contributed by atoms with Crippen LogP contribution < -0.4 is 19.5 Å². The van der Waals surface area contributed by atoms with E-state index in [1.807, 2.05) is 35.4 Å². The zero-order valence-corrected chi connectivity index (χ0v) is 17.2. The zero-order chi connectivity index (χ0) is 21.1. The first-order valence-electron chi connectivity index (χ1n) is 9.59. The van der Waals surface area contributed by atoms with Crippen LogP contribution in [-0.2, 0) is 6.54 Å². The van der Waals surface area contributed by atoms with Crippen LogP contribution in [0.15, 0.2) is 55.0 Å². The van der Waals surface area contributed by atoms with Crippen LogP contribution in [0, 0.1) is 0 Å². The highest BCUT2D eigenvalue weighted by Crippen LogP contribution is 2.40. The van der Waals surface area contributed by atoms with E-state index in [2.05, 4.69) is 14.9 Å². The number of hydrogen-bond donors (Lipinski definition) is 1. The summed E-state index contributed by atoms with van der Waals surface area (Å²) in [6.07, 6.45) is 5.56. The number of amides is 2. The number of carbonyl (C=O) groups is 1. The number of hydrogen-bond acceptors (Lipinski definition) is 5. The molecule has 1 aliphatic rings. The van der Waals surface area contributed by atoms with Crippen LogP contribution >= 0.6 is 0 Å². The molecule has 0 aliphatic carbocycles. The van der Waals surface area contributed by atoms with E-state index in [9.17, 15) is 4.79 Å². The average molecular weight is 408 g/mol. The molecule has 8 heteroatoms. The fourth-order valence-corrected chi connectivity index (χ4v) is 3.84. The van der Waals surface area contributed by atoms with E-state index in [-0.39, 0.29) is 12.1 Å². The Morgan fingerprint density at radius 3 is 2.47 bits per heavy atom. The van der Waals surface area contributed by atoms with Crippen molar-refractivity contribution in [1.82, 2.24) is 14.5 Å². The molecule has 1 unspecified atom stereocenters. The maximum Gasteiger partial charge on any atom is 0.322 e. The van der Waals surface area contributed by atoms with Gasteiger partial charge in [0.2, 0.25) is 5.75 Å². The third-order valence-electron chi connectivity index (χ3n) is 5.22. The molecule has 2 amide bonds. The molecule has 1 N–H and O–H groups in total. The number of fused-ring (bicyclic) bond motifs is 1. The van der Waals surface area contributed by atoms with Gasteiger partial charge in [-0.1, -0.05) is 6.07 Å². The summed E-state index contributed by atoms with van der Waals surface area (Å²) in [5, 5.41) is 2.98. The second-order valence-corrected chi connectivity index (χ2v) is 6.85. The fraction of sp³-hybridized carbons (Fsp3) is 0.273. The van der Waals surface area contributed by atoms with Gasteiger partial charge in [0, 0.05) is 49.5 Å². The quantitative estimate of drug-likeness (QED) is 0.699. The fourth-order valence-electron chi connectivity index (χ4n) is 3.84. The second-order valence-electron chi connectivity index (χ2n) is 6.85. The van der Waals surface area contributed by atoms with Crippen LogP contribution in [0.4, 0.5) is 10.5 Å². The summed E-state index contributed by atoms with van der Waals surface area (Å²) < 4.78 is 18.3. The number of pyridine rings is 1. The number of ether oxygens (including phenoxy) is 3. The van der Waals surface area contributed by atoms with Crippen LogP contribution in [0.25, 0.3) is 0 Å². The van der Waals surface area contributed by atoms with Crippen molar-refractivity contribution in [2.45, 2.75) is 12.6 Å². The van der Waals surface area contributed by atoms with E-state index in [1.54, 1.807) is 45.9 Å². The average Bonchev–Trinajstić information content (AvgIpc) is 3.27. The molecule has 0 fully saturated rings. The first kappa shape index (κ1) is 19.6. The molecular weight excluding hydrogens is 384 g/mol. The third kappa shape index (κ3) is 3.52. The van der Waals surface area contributed by atoms with E-state index in [0.717, 1.165) is 17.8 Å². The summed E-state index contributed by atoms with van der Waals surface area (Å²) in [5.74, 6) is 1.42. The van der Waals surface area contributed by atoms with Crippen LogP contribution in [0.2, 0.25) is 0 Å². The lowest BCUT2D eigenvalue weighted by Gasteiger charge is -2.37. The maximum atomic E-state index is 13.3. The van der Waals surface area contributed by atoms with E-state index in [1.165, 1.54) is 0 Å².